The number of rotatable bonds is 3. The Balaban J connectivity index is 2.29. The second-order valence-electron chi connectivity index (χ2n) is 5.12. The molecule has 98 valence electrons. The lowest BCUT2D eigenvalue weighted by atomic mass is 9.87. The Morgan fingerprint density at radius 2 is 2.33 bits per heavy atom. The first-order valence-electron chi connectivity index (χ1n) is 6.65. The summed E-state index contributed by atoms with van der Waals surface area (Å²) in [7, 11) is 0. The smallest absolute Gasteiger partial charge is 0.261 e. The highest BCUT2D eigenvalue weighted by molar-refractivity contribution is 5.94. The van der Waals surface area contributed by atoms with Crippen LogP contribution in [-0.2, 0) is 12.8 Å². The Bertz CT molecular complexity index is 505. The minimum absolute atomic E-state index is 0.247. The second-order valence-corrected chi connectivity index (χ2v) is 5.12. The first-order valence-corrected chi connectivity index (χ1v) is 6.65. The lowest BCUT2D eigenvalue weighted by Crippen LogP contribution is -2.31. The third-order valence-corrected chi connectivity index (χ3v) is 3.45. The molecule has 4 nitrogen and oxygen atoms in total. The van der Waals surface area contributed by atoms with Gasteiger partial charge in [0.25, 0.3) is 11.5 Å². The molecule has 0 bridgehead atoms. The van der Waals surface area contributed by atoms with Crippen LogP contribution in [0.4, 0.5) is 0 Å². The number of aromatic amines is 1. The van der Waals surface area contributed by atoms with Gasteiger partial charge in [0, 0.05) is 12.2 Å². The molecule has 0 saturated carbocycles. The van der Waals surface area contributed by atoms with Crippen molar-refractivity contribution < 1.29 is 4.79 Å². The molecule has 0 fully saturated rings. The van der Waals surface area contributed by atoms with Gasteiger partial charge in [0.2, 0.25) is 0 Å². The van der Waals surface area contributed by atoms with Crippen LogP contribution in [0.3, 0.4) is 0 Å². The third-order valence-electron chi connectivity index (χ3n) is 3.45. The molecular weight excluding hydrogens is 228 g/mol. The molecule has 0 aromatic carbocycles. The number of carbonyl (C=O) groups is 1. The van der Waals surface area contributed by atoms with Gasteiger partial charge in [-0.1, -0.05) is 13.8 Å². The molecule has 2 rings (SSSR count). The van der Waals surface area contributed by atoms with E-state index in [-0.39, 0.29) is 17.0 Å². The molecule has 1 aliphatic carbocycles. The van der Waals surface area contributed by atoms with E-state index in [1.165, 1.54) is 0 Å². The highest BCUT2D eigenvalue weighted by atomic mass is 16.2. The van der Waals surface area contributed by atoms with Crippen molar-refractivity contribution in [2.24, 2.45) is 5.92 Å². The van der Waals surface area contributed by atoms with Crippen molar-refractivity contribution in [3.05, 3.63) is 33.2 Å². The Kier molecular flexibility index (Phi) is 3.84. The van der Waals surface area contributed by atoms with Crippen molar-refractivity contribution in [2.75, 3.05) is 6.54 Å². The first kappa shape index (κ1) is 12.9. The molecule has 1 aromatic rings. The zero-order valence-electron chi connectivity index (χ0n) is 11.0. The molecule has 1 aliphatic rings. The van der Waals surface area contributed by atoms with E-state index in [9.17, 15) is 9.59 Å². The molecule has 1 heterocycles. The van der Waals surface area contributed by atoms with E-state index in [2.05, 4.69) is 17.2 Å². The van der Waals surface area contributed by atoms with Crippen molar-refractivity contribution >= 4 is 5.91 Å². The minimum atomic E-state index is -0.267. The van der Waals surface area contributed by atoms with Gasteiger partial charge in [-0.15, -0.1) is 0 Å². The Hall–Kier alpha value is -1.58. The summed E-state index contributed by atoms with van der Waals surface area (Å²) >= 11 is 0. The topological polar surface area (TPSA) is 62.0 Å². The minimum Gasteiger partial charge on any atom is -0.352 e. The molecule has 0 saturated heterocycles. The summed E-state index contributed by atoms with van der Waals surface area (Å²) < 4.78 is 0. The van der Waals surface area contributed by atoms with Crippen LogP contribution in [-0.4, -0.2) is 17.4 Å². The summed E-state index contributed by atoms with van der Waals surface area (Å²) in [5.74, 6) is 0.356. The van der Waals surface area contributed by atoms with E-state index < -0.39 is 0 Å². The van der Waals surface area contributed by atoms with Crippen molar-refractivity contribution in [3.8, 4) is 0 Å². The van der Waals surface area contributed by atoms with E-state index in [4.69, 9.17) is 0 Å². The largest absolute Gasteiger partial charge is 0.352 e. The van der Waals surface area contributed by atoms with Crippen LogP contribution >= 0.6 is 0 Å². The lowest BCUT2D eigenvalue weighted by Gasteiger charge is -2.21. The van der Waals surface area contributed by atoms with Gasteiger partial charge >= 0.3 is 0 Å². The maximum absolute atomic E-state index is 11.9. The van der Waals surface area contributed by atoms with Gasteiger partial charge in [-0.3, -0.25) is 9.59 Å². The van der Waals surface area contributed by atoms with Crippen LogP contribution in [0.5, 0.6) is 0 Å². The number of nitrogens with one attached hydrogen (secondary N) is 2. The number of carbonyl (C=O) groups excluding carboxylic acids is 1. The average molecular weight is 248 g/mol. The van der Waals surface area contributed by atoms with Crippen LogP contribution in [0.15, 0.2) is 10.9 Å². The quantitative estimate of drug-likeness (QED) is 0.854. The summed E-state index contributed by atoms with van der Waals surface area (Å²) in [4.78, 5) is 26.6. The average Bonchev–Trinajstić information content (AvgIpc) is 2.35. The summed E-state index contributed by atoms with van der Waals surface area (Å²) in [6.45, 7) is 4.79. The van der Waals surface area contributed by atoms with Crippen LogP contribution < -0.4 is 10.9 Å². The molecule has 1 atom stereocenters. The number of hydrogen-bond donors (Lipinski definition) is 2. The highest BCUT2D eigenvalue weighted by Gasteiger charge is 2.19. The number of fused-ring (bicyclic) bond motifs is 1. The van der Waals surface area contributed by atoms with Crippen molar-refractivity contribution in [3.63, 3.8) is 0 Å². The maximum atomic E-state index is 11.9. The van der Waals surface area contributed by atoms with Gasteiger partial charge in [0.1, 0.15) is 5.56 Å². The lowest BCUT2D eigenvalue weighted by molar-refractivity contribution is 0.0952. The Labute approximate surface area is 107 Å². The van der Waals surface area contributed by atoms with Crippen LogP contribution in [0, 0.1) is 5.92 Å². The highest BCUT2D eigenvalue weighted by Crippen LogP contribution is 2.23. The van der Waals surface area contributed by atoms with Gasteiger partial charge in [-0.2, -0.15) is 0 Å². The first-order chi connectivity index (χ1) is 8.61. The molecule has 1 amide bonds. The van der Waals surface area contributed by atoms with Crippen molar-refractivity contribution in [2.45, 2.75) is 39.5 Å². The monoisotopic (exact) mass is 248 g/mol. The number of hydrogen-bond acceptors (Lipinski definition) is 2. The van der Waals surface area contributed by atoms with E-state index in [1.807, 2.05) is 6.92 Å². The van der Waals surface area contributed by atoms with Crippen LogP contribution in [0.25, 0.3) is 0 Å². The second kappa shape index (κ2) is 5.38. The number of aromatic nitrogens is 1. The summed E-state index contributed by atoms with van der Waals surface area (Å²) in [6, 6.07) is 1.77. The molecule has 1 aromatic heterocycles. The standard InChI is InChI=1S/C14H20N2O2/c1-3-6-15-13(17)11-8-10-7-9(2)4-5-12(10)16-14(11)18/h8-9H,3-7H2,1-2H3,(H,15,17)(H,16,18)/t9-/m0/s1. The van der Waals surface area contributed by atoms with Gasteiger partial charge in [0.05, 0.1) is 0 Å². The molecule has 0 aliphatic heterocycles. The molecular formula is C14H20N2O2. The predicted octanol–water partition coefficient (Wildman–Crippen LogP) is 1.64. The fourth-order valence-corrected chi connectivity index (χ4v) is 2.39. The zero-order chi connectivity index (χ0) is 13.1. The molecule has 0 unspecified atom stereocenters. The van der Waals surface area contributed by atoms with Gasteiger partial charge < -0.3 is 10.3 Å². The molecule has 4 heteroatoms. The van der Waals surface area contributed by atoms with Crippen molar-refractivity contribution in [1.82, 2.24) is 10.3 Å². The number of amides is 1. The van der Waals surface area contributed by atoms with Gasteiger partial charge in [-0.25, -0.2) is 0 Å². The fourth-order valence-electron chi connectivity index (χ4n) is 2.39. The predicted molar refractivity (Wildman–Crippen MR) is 70.9 cm³/mol. The van der Waals surface area contributed by atoms with Gasteiger partial charge in [0.15, 0.2) is 0 Å². The summed E-state index contributed by atoms with van der Waals surface area (Å²) in [5.41, 5.74) is 2.10. The fraction of sp³-hybridized carbons (Fsp3) is 0.571. The molecule has 0 spiro atoms. The number of H-pyrrole nitrogens is 1. The SMILES string of the molecule is CCCNC(=O)c1cc2c([nH]c1=O)CC[C@H](C)C2. The third kappa shape index (κ3) is 2.63. The Morgan fingerprint density at radius 1 is 1.56 bits per heavy atom. The number of pyridine rings is 1. The normalized spacial score (nSPS) is 18.2. The molecule has 2 N–H and O–H groups in total. The van der Waals surface area contributed by atoms with Gasteiger partial charge in [-0.05, 0) is 43.2 Å². The Morgan fingerprint density at radius 3 is 3.06 bits per heavy atom. The maximum Gasteiger partial charge on any atom is 0.261 e. The number of aryl methyl sites for hydroxylation is 1. The van der Waals surface area contributed by atoms with Crippen LogP contribution in [0.2, 0.25) is 0 Å². The van der Waals surface area contributed by atoms with E-state index in [1.54, 1.807) is 6.07 Å². The molecule has 18 heavy (non-hydrogen) atoms. The van der Waals surface area contributed by atoms with Crippen molar-refractivity contribution in [1.29, 1.82) is 0 Å². The summed E-state index contributed by atoms with van der Waals surface area (Å²) in [6.07, 6.45) is 3.82. The molecule has 0 radical (unpaired) electrons. The van der Waals surface area contributed by atoms with E-state index in [0.29, 0.717) is 12.5 Å². The summed E-state index contributed by atoms with van der Waals surface area (Å²) in [5, 5.41) is 2.75. The zero-order valence-corrected chi connectivity index (χ0v) is 11.0. The van der Waals surface area contributed by atoms with Crippen LogP contribution in [0.1, 0.15) is 48.3 Å². The van der Waals surface area contributed by atoms with E-state index in [0.717, 1.165) is 36.9 Å². The van der Waals surface area contributed by atoms with E-state index >= 15 is 0 Å².